The Labute approximate surface area is 192 Å². The predicted octanol–water partition coefficient (Wildman–Crippen LogP) is 5.78. The smallest absolute Gasteiger partial charge is 0.446 e. The molecular formula is C20H14F6N2O3S2. The number of nitrogens with one attached hydrogen (secondary N) is 1. The van der Waals surface area contributed by atoms with E-state index < -0.39 is 35.0 Å². The van der Waals surface area contributed by atoms with Crippen LogP contribution in [-0.2, 0) is 4.74 Å². The third kappa shape index (κ3) is 8.89. The van der Waals surface area contributed by atoms with Gasteiger partial charge >= 0.3 is 17.0 Å². The molecule has 5 nitrogen and oxygen atoms in total. The standard InChI is InChI=1S/C20H14F6N2O3S2/c1-18(10-27,28-16(29)12-2-6-14(7-3-12)32-19(21,22)23)11-31-17(30)13-4-8-15(9-5-13)33-20(24,25)26/h2-9H,11H2,1H3,(H,28,29)/t18-/m0/s1. The third-order valence-electron chi connectivity index (χ3n) is 3.80. The van der Waals surface area contributed by atoms with Gasteiger partial charge in [0, 0.05) is 15.4 Å². The topological polar surface area (TPSA) is 79.2 Å². The maximum atomic E-state index is 12.4. The van der Waals surface area contributed by atoms with Gasteiger partial charge in [-0.1, -0.05) is 0 Å². The van der Waals surface area contributed by atoms with E-state index in [4.69, 9.17) is 4.74 Å². The number of alkyl halides is 6. The van der Waals surface area contributed by atoms with Crippen LogP contribution in [-0.4, -0.2) is 35.0 Å². The van der Waals surface area contributed by atoms with Crippen molar-refractivity contribution in [1.82, 2.24) is 5.32 Å². The van der Waals surface area contributed by atoms with Gasteiger partial charge in [-0.05, 0) is 79.0 Å². The van der Waals surface area contributed by atoms with Gasteiger partial charge in [0.25, 0.3) is 5.91 Å². The number of benzene rings is 2. The summed E-state index contributed by atoms with van der Waals surface area (Å²) in [5, 5.41) is 11.7. The highest BCUT2D eigenvalue weighted by Crippen LogP contribution is 2.37. The van der Waals surface area contributed by atoms with Crippen LogP contribution < -0.4 is 5.32 Å². The molecule has 2 aromatic carbocycles. The summed E-state index contributed by atoms with van der Waals surface area (Å²) in [5.74, 6) is -1.71. The second-order valence-corrected chi connectivity index (χ2v) is 8.90. The Morgan fingerprint density at radius 3 is 1.70 bits per heavy atom. The Kier molecular flexibility index (Phi) is 8.31. The van der Waals surface area contributed by atoms with Crippen LogP contribution >= 0.6 is 23.5 Å². The number of carbonyl (C=O) groups excluding carboxylic acids is 2. The summed E-state index contributed by atoms with van der Waals surface area (Å²) >= 11 is -0.696. The zero-order chi connectivity index (χ0) is 24.9. The molecule has 13 heteroatoms. The van der Waals surface area contributed by atoms with Gasteiger partial charge in [-0.3, -0.25) is 4.79 Å². The summed E-state index contributed by atoms with van der Waals surface area (Å²) in [4.78, 5) is 24.2. The number of amides is 1. The highest BCUT2D eigenvalue weighted by molar-refractivity contribution is 8.00. The van der Waals surface area contributed by atoms with Crippen molar-refractivity contribution < 1.29 is 40.7 Å². The number of thioether (sulfide) groups is 2. The molecule has 2 rings (SSSR count). The van der Waals surface area contributed by atoms with Crippen molar-refractivity contribution in [2.24, 2.45) is 0 Å². The first kappa shape index (κ1) is 26.4. The summed E-state index contributed by atoms with van der Waals surface area (Å²) in [7, 11) is 0. The Hall–Kier alpha value is -2.85. The second-order valence-electron chi connectivity index (χ2n) is 6.62. The maximum Gasteiger partial charge on any atom is 0.446 e. The molecule has 0 saturated carbocycles. The molecule has 2 aromatic rings. The number of halogens is 6. The molecule has 0 bridgehead atoms. The number of carbonyl (C=O) groups is 2. The Bertz CT molecular complexity index is 1030. The molecule has 0 radical (unpaired) electrons. The molecule has 0 fully saturated rings. The van der Waals surface area contributed by atoms with Crippen molar-refractivity contribution in [3.05, 3.63) is 59.7 Å². The van der Waals surface area contributed by atoms with Gasteiger partial charge in [0.1, 0.15) is 6.61 Å². The predicted molar refractivity (Wildman–Crippen MR) is 108 cm³/mol. The van der Waals surface area contributed by atoms with Gasteiger partial charge in [-0.25, -0.2) is 4.79 Å². The Morgan fingerprint density at radius 2 is 1.30 bits per heavy atom. The SMILES string of the molecule is C[C@](C#N)(COC(=O)c1ccc(SC(F)(F)F)cc1)NC(=O)c1ccc(SC(F)(F)F)cc1. The van der Waals surface area contributed by atoms with Crippen LogP contribution in [0.3, 0.4) is 0 Å². The zero-order valence-electron chi connectivity index (χ0n) is 16.6. The molecule has 0 unspecified atom stereocenters. The quantitative estimate of drug-likeness (QED) is 0.290. The van der Waals surface area contributed by atoms with E-state index in [0.29, 0.717) is 0 Å². The fraction of sp³-hybridized carbons (Fsp3) is 0.250. The number of hydrogen-bond acceptors (Lipinski definition) is 6. The Balaban J connectivity index is 1.97. The first-order valence-electron chi connectivity index (χ1n) is 8.82. The fourth-order valence-corrected chi connectivity index (χ4v) is 3.39. The normalized spacial score (nSPS) is 13.5. The van der Waals surface area contributed by atoms with E-state index in [1.165, 1.54) is 6.92 Å². The number of rotatable bonds is 7. The second kappa shape index (κ2) is 10.4. The molecule has 0 aliphatic heterocycles. The Morgan fingerprint density at radius 1 is 0.879 bits per heavy atom. The minimum atomic E-state index is -4.48. The molecule has 1 atom stereocenters. The molecule has 0 aromatic heterocycles. The molecule has 1 amide bonds. The number of nitrogens with zero attached hydrogens (tertiary/aromatic N) is 1. The van der Waals surface area contributed by atoms with Crippen LogP contribution in [0.1, 0.15) is 27.6 Å². The summed E-state index contributed by atoms with van der Waals surface area (Å²) < 4.78 is 79.3. The number of esters is 1. The molecule has 0 aliphatic carbocycles. The monoisotopic (exact) mass is 508 g/mol. The van der Waals surface area contributed by atoms with E-state index in [9.17, 15) is 41.2 Å². The van der Waals surface area contributed by atoms with E-state index in [2.05, 4.69) is 5.32 Å². The van der Waals surface area contributed by atoms with Crippen molar-refractivity contribution in [3.8, 4) is 6.07 Å². The van der Waals surface area contributed by atoms with Crippen LogP contribution in [0, 0.1) is 11.3 Å². The van der Waals surface area contributed by atoms with Crippen LogP contribution in [0.15, 0.2) is 58.3 Å². The molecule has 1 N–H and O–H groups in total. The van der Waals surface area contributed by atoms with E-state index in [0.717, 1.165) is 48.5 Å². The van der Waals surface area contributed by atoms with Crippen LogP contribution in [0.25, 0.3) is 0 Å². The van der Waals surface area contributed by atoms with Gasteiger partial charge in [-0.2, -0.15) is 31.6 Å². The molecule has 0 saturated heterocycles. The fourth-order valence-electron chi connectivity index (χ4n) is 2.31. The molecule has 176 valence electrons. The van der Waals surface area contributed by atoms with E-state index >= 15 is 0 Å². The lowest BCUT2D eigenvalue weighted by Gasteiger charge is -2.23. The van der Waals surface area contributed by atoms with Crippen molar-refractivity contribution in [3.63, 3.8) is 0 Å². The number of nitriles is 1. The zero-order valence-corrected chi connectivity index (χ0v) is 18.2. The molecule has 0 heterocycles. The average molecular weight is 508 g/mol. The summed E-state index contributed by atoms with van der Waals surface area (Å²) in [6.45, 7) is 0.671. The van der Waals surface area contributed by atoms with E-state index in [1.54, 1.807) is 6.07 Å². The van der Waals surface area contributed by atoms with Gasteiger partial charge < -0.3 is 10.1 Å². The molecule has 0 spiro atoms. The van der Waals surface area contributed by atoms with Gasteiger partial charge in [0.15, 0.2) is 5.54 Å². The van der Waals surface area contributed by atoms with Crippen LogP contribution in [0.4, 0.5) is 26.3 Å². The van der Waals surface area contributed by atoms with Crippen LogP contribution in [0.2, 0.25) is 0 Å². The van der Waals surface area contributed by atoms with Crippen molar-refractivity contribution in [2.45, 2.75) is 33.3 Å². The summed E-state index contributed by atoms with van der Waals surface area (Å²) in [5.41, 5.74) is -10.7. The lowest BCUT2D eigenvalue weighted by atomic mass is 10.1. The van der Waals surface area contributed by atoms with Crippen LogP contribution in [0.5, 0.6) is 0 Å². The number of ether oxygens (including phenoxy) is 1. The molecule has 0 aliphatic rings. The van der Waals surface area contributed by atoms with E-state index in [1.807, 2.05) is 0 Å². The third-order valence-corrected chi connectivity index (χ3v) is 5.28. The largest absolute Gasteiger partial charge is 0.458 e. The van der Waals surface area contributed by atoms with Crippen molar-refractivity contribution >= 4 is 35.4 Å². The lowest BCUT2D eigenvalue weighted by Crippen LogP contribution is -2.48. The van der Waals surface area contributed by atoms with Gasteiger partial charge in [0.05, 0.1) is 11.6 Å². The lowest BCUT2D eigenvalue weighted by molar-refractivity contribution is -0.0337. The average Bonchev–Trinajstić information content (AvgIpc) is 2.71. The minimum Gasteiger partial charge on any atom is -0.458 e. The minimum absolute atomic E-state index is 0.0212. The van der Waals surface area contributed by atoms with E-state index in [-0.39, 0.29) is 44.4 Å². The van der Waals surface area contributed by atoms with Crippen molar-refractivity contribution in [2.75, 3.05) is 6.61 Å². The van der Waals surface area contributed by atoms with Gasteiger partial charge in [0.2, 0.25) is 0 Å². The highest BCUT2D eigenvalue weighted by atomic mass is 32.2. The van der Waals surface area contributed by atoms with Gasteiger partial charge in [-0.15, -0.1) is 0 Å². The highest BCUT2D eigenvalue weighted by Gasteiger charge is 2.31. The molecule has 33 heavy (non-hydrogen) atoms. The maximum absolute atomic E-state index is 12.4. The van der Waals surface area contributed by atoms with Crippen molar-refractivity contribution in [1.29, 1.82) is 5.26 Å². The summed E-state index contributed by atoms with van der Waals surface area (Å²) in [6.07, 6.45) is 0. The number of hydrogen-bond donors (Lipinski definition) is 1. The first-order chi connectivity index (χ1) is 15.2. The first-order valence-corrected chi connectivity index (χ1v) is 10.5. The summed E-state index contributed by atoms with van der Waals surface area (Å²) in [6, 6.07) is 10.7. The molecular weight excluding hydrogens is 494 g/mol.